The summed E-state index contributed by atoms with van der Waals surface area (Å²) in [4.78, 5) is 0. The fourth-order valence-electron chi connectivity index (χ4n) is 5.93. The number of ether oxygens (including phenoxy) is 1. The quantitative estimate of drug-likeness (QED) is 0.119. The molecule has 0 amide bonds. The van der Waals surface area contributed by atoms with Gasteiger partial charge in [0.1, 0.15) is 17.2 Å². The van der Waals surface area contributed by atoms with E-state index in [9.17, 15) is 10.2 Å². The Hall–Kier alpha value is -4.50. The van der Waals surface area contributed by atoms with Gasteiger partial charge in [-0.25, -0.2) is 0 Å². The number of hydrogen-bond acceptors (Lipinski definition) is 3. The lowest BCUT2D eigenvalue weighted by atomic mass is 9.65. The second-order valence-electron chi connectivity index (χ2n) is 10.9. The lowest BCUT2D eigenvalue weighted by Crippen LogP contribution is -2.29. The van der Waals surface area contributed by atoms with E-state index in [1.165, 1.54) is 0 Å². The predicted molar refractivity (Wildman–Crippen MR) is 173 cm³/mol. The molecular formula is C39H40O3. The zero-order valence-electron chi connectivity index (χ0n) is 24.6. The van der Waals surface area contributed by atoms with Crippen molar-refractivity contribution in [1.82, 2.24) is 0 Å². The first-order chi connectivity index (χ1) is 20.6. The molecule has 5 aromatic carbocycles. The summed E-state index contributed by atoms with van der Waals surface area (Å²) < 4.78 is 5.95. The maximum absolute atomic E-state index is 11.0. The van der Waals surface area contributed by atoms with E-state index in [1.807, 2.05) is 72.8 Å². The lowest BCUT2D eigenvalue weighted by Gasteiger charge is -2.37. The van der Waals surface area contributed by atoms with E-state index >= 15 is 0 Å². The van der Waals surface area contributed by atoms with Gasteiger partial charge in [0.25, 0.3) is 0 Å². The van der Waals surface area contributed by atoms with Crippen LogP contribution < -0.4 is 4.74 Å². The molecule has 0 saturated carbocycles. The van der Waals surface area contributed by atoms with Crippen LogP contribution in [-0.4, -0.2) is 16.8 Å². The molecular weight excluding hydrogens is 516 g/mol. The summed E-state index contributed by atoms with van der Waals surface area (Å²) in [7, 11) is 0. The highest BCUT2D eigenvalue weighted by Gasteiger charge is 2.37. The molecule has 0 atom stereocenters. The van der Waals surface area contributed by atoms with Gasteiger partial charge >= 0.3 is 0 Å². The molecule has 0 bridgehead atoms. The fraction of sp³-hybridized carbons (Fsp3) is 0.231. The summed E-state index contributed by atoms with van der Waals surface area (Å²) in [6.45, 7) is 5.01. The van der Waals surface area contributed by atoms with Gasteiger partial charge in [-0.3, -0.25) is 0 Å². The van der Waals surface area contributed by atoms with Crippen molar-refractivity contribution in [2.45, 2.75) is 51.4 Å². The molecule has 2 N–H and O–H groups in total. The molecule has 0 aromatic heterocycles. The molecule has 0 aliphatic carbocycles. The molecule has 0 aliphatic rings. The van der Waals surface area contributed by atoms with E-state index < -0.39 is 5.41 Å². The molecule has 5 aromatic rings. The molecule has 0 spiro atoms. The van der Waals surface area contributed by atoms with Gasteiger partial charge in [-0.05, 0) is 77.1 Å². The first-order valence-corrected chi connectivity index (χ1v) is 15.1. The Morgan fingerprint density at radius 2 is 1.05 bits per heavy atom. The Bertz CT molecular complexity index is 1490. The van der Waals surface area contributed by atoms with Gasteiger partial charge < -0.3 is 14.9 Å². The summed E-state index contributed by atoms with van der Waals surface area (Å²) in [6, 6.07) is 40.7. The highest BCUT2D eigenvalue weighted by atomic mass is 16.5. The Balaban J connectivity index is 1.77. The van der Waals surface area contributed by atoms with Crippen molar-refractivity contribution >= 4 is 0 Å². The molecule has 214 valence electrons. The van der Waals surface area contributed by atoms with Crippen molar-refractivity contribution in [3.63, 3.8) is 0 Å². The van der Waals surface area contributed by atoms with Gasteiger partial charge in [0.05, 0.1) is 6.61 Å². The monoisotopic (exact) mass is 556 g/mol. The van der Waals surface area contributed by atoms with Crippen LogP contribution in [0.15, 0.2) is 121 Å². The van der Waals surface area contributed by atoms with Gasteiger partial charge in [-0.2, -0.15) is 0 Å². The molecule has 0 aliphatic heterocycles. The summed E-state index contributed by atoms with van der Waals surface area (Å²) in [5.74, 6) is 1.37. The predicted octanol–water partition coefficient (Wildman–Crippen LogP) is 10.1. The second-order valence-corrected chi connectivity index (χ2v) is 10.9. The number of phenols is 2. The maximum atomic E-state index is 11.0. The van der Waals surface area contributed by atoms with Crippen LogP contribution in [-0.2, 0) is 5.41 Å². The van der Waals surface area contributed by atoms with Gasteiger partial charge in [0, 0.05) is 16.5 Å². The highest BCUT2D eigenvalue weighted by molar-refractivity contribution is 5.74. The largest absolute Gasteiger partial charge is 0.507 e. The normalized spacial score (nSPS) is 11.4. The van der Waals surface area contributed by atoms with Gasteiger partial charge in [-0.1, -0.05) is 118 Å². The minimum absolute atomic E-state index is 0.256. The van der Waals surface area contributed by atoms with Crippen LogP contribution in [0, 0.1) is 0 Å². The second kappa shape index (κ2) is 13.4. The molecule has 0 radical (unpaired) electrons. The zero-order valence-corrected chi connectivity index (χ0v) is 24.6. The number of unbranched alkanes of at least 4 members (excludes halogenated alkanes) is 2. The van der Waals surface area contributed by atoms with Crippen LogP contribution in [0.25, 0.3) is 22.3 Å². The van der Waals surface area contributed by atoms with Crippen LogP contribution in [0.1, 0.15) is 62.6 Å². The molecule has 0 heterocycles. The average molecular weight is 557 g/mol. The van der Waals surface area contributed by atoms with Crippen LogP contribution in [0.3, 0.4) is 0 Å². The van der Waals surface area contributed by atoms with Crippen LogP contribution in [0.4, 0.5) is 0 Å². The SMILES string of the molecule is CCCCCC(c1ccc(OCCC)cc1)(c1ccc(O)c(-c2ccccc2)c1)c1ccc(O)c(-c2ccccc2)c1. The fourth-order valence-corrected chi connectivity index (χ4v) is 5.93. The number of aromatic hydroxyl groups is 2. The minimum atomic E-state index is -0.535. The lowest BCUT2D eigenvalue weighted by molar-refractivity contribution is 0.317. The topological polar surface area (TPSA) is 49.7 Å². The van der Waals surface area contributed by atoms with E-state index in [0.717, 1.165) is 76.8 Å². The van der Waals surface area contributed by atoms with Gasteiger partial charge in [0.15, 0.2) is 0 Å². The minimum Gasteiger partial charge on any atom is -0.507 e. The standard InChI is InChI=1S/C39H40O3/c1-3-5-12-25-39(31-17-21-34(22-18-31)42-26-4-2,32-19-23-37(40)35(27-32)29-13-8-6-9-14-29)33-20-24-38(41)36(28-33)30-15-10-7-11-16-30/h6-11,13-24,27-28,40-41H,3-5,12,25-26H2,1-2H3. The molecule has 0 saturated heterocycles. The number of rotatable bonds is 12. The Morgan fingerprint density at radius 1 is 0.548 bits per heavy atom. The first-order valence-electron chi connectivity index (χ1n) is 15.1. The summed E-state index contributed by atoms with van der Waals surface area (Å²) >= 11 is 0. The van der Waals surface area contributed by atoms with Gasteiger partial charge in [-0.15, -0.1) is 0 Å². The molecule has 42 heavy (non-hydrogen) atoms. The summed E-state index contributed by atoms with van der Waals surface area (Å²) in [5.41, 5.74) is 6.36. The van der Waals surface area contributed by atoms with Crippen LogP contribution >= 0.6 is 0 Å². The molecule has 5 rings (SSSR count). The zero-order chi connectivity index (χ0) is 29.4. The van der Waals surface area contributed by atoms with E-state index in [-0.39, 0.29) is 11.5 Å². The highest BCUT2D eigenvalue weighted by Crippen LogP contribution is 2.48. The van der Waals surface area contributed by atoms with E-state index in [0.29, 0.717) is 6.61 Å². The number of hydrogen-bond donors (Lipinski definition) is 2. The first kappa shape index (κ1) is 29.0. The van der Waals surface area contributed by atoms with E-state index in [1.54, 1.807) is 0 Å². The Kier molecular flexibility index (Phi) is 9.28. The van der Waals surface area contributed by atoms with Crippen molar-refractivity contribution in [2.75, 3.05) is 6.61 Å². The third-order valence-electron chi connectivity index (χ3n) is 8.12. The van der Waals surface area contributed by atoms with Gasteiger partial charge in [0.2, 0.25) is 0 Å². The van der Waals surface area contributed by atoms with E-state index in [2.05, 4.69) is 62.4 Å². The average Bonchev–Trinajstić information content (AvgIpc) is 3.04. The van der Waals surface area contributed by atoms with E-state index in [4.69, 9.17) is 4.74 Å². The van der Waals surface area contributed by atoms with Crippen molar-refractivity contribution < 1.29 is 14.9 Å². The van der Waals surface area contributed by atoms with Crippen LogP contribution in [0.2, 0.25) is 0 Å². The third-order valence-corrected chi connectivity index (χ3v) is 8.12. The number of phenolic OH excluding ortho intramolecular Hbond substituents is 2. The third kappa shape index (κ3) is 6.06. The van der Waals surface area contributed by atoms with Crippen LogP contribution in [0.5, 0.6) is 17.2 Å². The Labute approximate surface area is 250 Å². The smallest absolute Gasteiger partial charge is 0.123 e. The molecule has 0 fully saturated rings. The summed E-state index contributed by atoms with van der Waals surface area (Å²) in [5, 5.41) is 22.0. The molecule has 3 nitrogen and oxygen atoms in total. The Morgan fingerprint density at radius 3 is 1.52 bits per heavy atom. The summed E-state index contributed by atoms with van der Waals surface area (Å²) in [6.07, 6.45) is 5.05. The molecule has 3 heteroatoms. The van der Waals surface area contributed by atoms with Crippen molar-refractivity contribution in [1.29, 1.82) is 0 Å². The van der Waals surface area contributed by atoms with Crippen molar-refractivity contribution in [3.05, 3.63) is 138 Å². The van der Waals surface area contributed by atoms with Crippen molar-refractivity contribution in [3.8, 4) is 39.5 Å². The maximum Gasteiger partial charge on any atom is 0.123 e. The number of benzene rings is 5. The van der Waals surface area contributed by atoms with Crippen molar-refractivity contribution in [2.24, 2.45) is 0 Å². The molecule has 0 unspecified atom stereocenters.